The molecule has 4 rings (SSSR count). The van der Waals surface area contributed by atoms with Gasteiger partial charge in [-0.15, -0.1) is 0 Å². The van der Waals surface area contributed by atoms with E-state index in [4.69, 9.17) is 14.6 Å². The van der Waals surface area contributed by atoms with E-state index < -0.39 is 5.97 Å². The Hall–Kier alpha value is -3.66. The molecule has 0 atom stereocenters. The summed E-state index contributed by atoms with van der Waals surface area (Å²) in [6, 6.07) is 5.53. The highest BCUT2D eigenvalue weighted by Gasteiger charge is 2.23. The molecular weight excluding hydrogens is 426 g/mol. The summed E-state index contributed by atoms with van der Waals surface area (Å²) in [5.41, 5.74) is 2.58. The van der Waals surface area contributed by atoms with Crippen LogP contribution >= 0.6 is 0 Å². The van der Waals surface area contributed by atoms with E-state index in [-0.39, 0.29) is 12.5 Å². The van der Waals surface area contributed by atoms with Gasteiger partial charge >= 0.3 is 5.97 Å². The van der Waals surface area contributed by atoms with Gasteiger partial charge in [0.1, 0.15) is 11.5 Å². The number of piperidine rings is 1. The predicted octanol–water partition coefficient (Wildman–Crippen LogP) is 2.17. The molecule has 1 amide bonds. The fraction of sp³-hybridized carbons (Fsp3) is 0.391. The van der Waals surface area contributed by atoms with Crippen molar-refractivity contribution in [2.75, 3.05) is 40.4 Å². The molecule has 0 spiro atoms. The van der Waals surface area contributed by atoms with Crippen LogP contribution in [0.25, 0.3) is 22.0 Å². The fourth-order valence-corrected chi connectivity index (χ4v) is 4.15. The molecule has 2 aromatic heterocycles. The lowest BCUT2D eigenvalue weighted by molar-refractivity contribution is -0.138. The van der Waals surface area contributed by atoms with Crippen LogP contribution in [0.15, 0.2) is 30.6 Å². The van der Waals surface area contributed by atoms with E-state index >= 15 is 0 Å². The Labute approximate surface area is 190 Å². The largest absolute Gasteiger partial charge is 0.496 e. The number of benzene rings is 1. The molecule has 10 heteroatoms. The van der Waals surface area contributed by atoms with E-state index in [9.17, 15) is 9.59 Å². The van der Waals surface area contributed by atoms with E-state index in [0.29, 0.717) is 40.6 Å². The second kappa shape index (κ2) is 9.86. The minimum atomic E-state index is -0.812. The predicted molar refractivity (Wildman–Crippen MR) is 122 cm³/mol. The highest BCUT2D eigenvalue weighted by Crippen LogP contribution is 2.35. The van der Waals surface area contributed by atoms with Gasteiger partial charge in [-0.05, 0) is 44.0 Å². The highest BCUT2D eigenvalue weighted by molar-refractivity contribution is 6.06. The summed E-state index contributed by atoms with van der Waals surface area (Å²) >= 11 is 0. The number of amides is 1. The molecule has 1 fully saturated rings. The number of fused-ring (bicyclic) bond motifs is 1. The number of methoxy groups -OCH3 is 2. The van der Waals surface area contributed by atoms with E-state index in [0.717, 1.165) is 37.1 Å². The number of likely N-dealkylation sites (tertiary alicyclic amines) is 1. The van der Waals surface area contributed by atoms with Crippen molar-refractivity contribution in [1.82, 2.24) is 25.4 Å². The summed E-state index contributed by atoms with van der Waals surface area (Å²) in [5, 5.41) is 19.8. The molecule has 0 unspecified atom stereocenters. The van der Waals surface area contributed by atoms with Gasteiger partial charge in [-0.2, -0.15) is 5.10 Å². The zero-order valence-electron chi connectivity index (χ0n) is 18.6. The molecule has 3 aromatic rings. The average Bonchev–Trinajstić information content (AvgIpc) is 3.25. The Kier molecular flexibility index (Phi) is 6.74. The number of ether oxygens (including phenoxy) is 2. The summed E-state index contributed by atoms with van der Waals surface area (Å²) in [4.78, 5) is 29.9. The van der Waals surface area contributed by atoms with Crippen LogP contribution in [0.4, 0.5) is 0 Å². The zero-order chi connectivity index (χ0) is 23.4. The lowest BCUT2D eigenvalue weighted by Crippen LogP contribution is -2.40. The van der Waals surface area contributed by atoms with Crippen molar-refractivity contribution in [3.63, 3.8) is 0 Å². The van der Waals surface area contributed by atoms with Crippen LogP contribution in [0.3, 0.4) is 0 Å². The number of hydrogen-bond donors (Lipinski definition) is 3. The SMILES string of the molecule is COc1cncc(-c2cc3c(C(=O)NCC4CCN(CC(=O)O)CC4)n[nH]c3cc2OC)c1. The molecular formula is C23H27N5O5. The number of aromatic nitrogens is 3. The third kappa shape index (κ3) is 5.06. The van der Waals surface area contributed by atoms with Gasteiger partial charge in [-0.25, -0.2) is 0 Å². The van der Waals surface area contributed by atoms with Gasteiger partial charge in [0, 0.05) is 35.3 Å². The summed E-state index contributed by atoms with van der Waals surface area (Å²) in [6.45, 7) is 2.02. The van der Waals surface area contributed by atoms with Crippen LogP contribution in [0, 0.1) is 5.92 Å². The Bertz CT molecular complexity index is 1150. The van der Waals surface area contributed by atoms with Crippen molar-refractivity contribution in [3.8, 4) is 22.6 Å². The van der Waals surface area contributed by atoms with Crippen LogP contribution in [-0.4, -0.2) is 77.5 Å². The lowest BCUT2D eigenvalue weighted by atomic mass is 9.96. The van der Waals surface area contributed by atoms with Gasteiger partial charge in [-0.3, -0.25) is 24.6 Å². The van der Waals surface area contributed by atoms with Crippen LogP contribution in [0.2, 0.25) is 0 Å². The second-order valence-corrected chi connectivity index (χ2v) is 8.11. The van der Waals surface area contributed by atoms with Gasteiger partial charge in [0.2, 0.25) is 0 Å². The molecule has 33 heavy (non-hydrogen) atoms. The van der Waals surface area contributed by atoms with Crippen molar-refractivity contribution >= 4 is 22.8 Å². The third-order valence-electron chi connectivity index (χ3n) is 5.98. The molecule has 1 aliphatic heterocycles. The van der Waals surface area contributed by atoms with Gasteiger partial charge in [0.15, 0.2) is 5.69 Å². The van der Waals surface area contributed by atoms with E-state index in [2.05, 4.69) is 20.5 Å². The first kappa shape index (κ1) is 22.5. The number of aromatic amines is 1. The molecule has 0 saturated carbocycles. The fourth-order valence-electron chi connectivity index (χ4n) is 4.15. The van der Waals surface area contributed by atoms with Gasteiger partial charge in [0.05, 0.1) is 32.5 Å². The Balaban J connectivity index is 1.50. The van der Waals surface area contributed by atoms with E-state index in [1.165, 1.54) is 0 Å². The zero-order valence-corrected chi connectivity index (χ0v) is 18.6. The first-order valence-electron chi connectivity index (χ1n) is 10.8. The molecule has 1 saturated heterocycles. The normalized spacial score (nSPS) is 14.8. The molecule has 0 bridgehead atoms. The number of nitrogens with zero attached hydrogens (tertiary/aromatic N) is 3. The van der Waals surface area contributed by atoms with Crippen LogP contribution in [-0.2, 0) is 4.79 Å². The Morgan fingerprint density at radius 2 is 1.97 bits per heavy atom. The first-order chi connectivity index (χ1) is 16.0. The maximum atomic E-state index is 12.9. The van der Waals surface area contributed by atoms with Crippen LogP contribution in [0.5, 0.6) is 11.5 Å². The third-order valence-corrected chi connectivity index (χ3v) is 5.98. The minimum Gasteiger partial charge on any atom is -0.496 e. The molecule has 174 valence electrons. The number of H-pyrrole nitrogens is 1. The molecule has 1 aliphatic rings. The molecule has 0 radical (unpaired) electrons. The summed E-state index contributed by atoms with van der Waals surface area (Å²) in [5.74, 6) is 0.486. The maximum Gasteiger partial charge on any atom is 0.317 e. The van der Waals surface area contributed by atoms with Crippen molar-refractivity contribution in [2.45, 2.75) is 12.8 Å². The summed E-state index contributed by atoms with van der Waals surface area (Å²) in [7, 11) is 3.17. The number of hydrogen-bond acceptors (Lipinski definition) is 7. The number of carbonyl (C=O) groups is 2. The van der Waals surface area contributed by atoms with Crippen molar-refractivity contribution in [3.05, 3.63) is 36.3 Å². The van der Waals surface area contributed by atoms with Crippen molar-refractivity contribution in [2.24, 2.45) is 5.92 Å². The van der Waals surface area contributed by atoms with Gasteiger partial charge in [-0.1, -0.05) is 0 Å². The number of nitrogens with one attached hydrogen (secondary N) is 2. The second-order valence-electron chi connectivity index (χ2n) is 8.11. The smallest absolute Gasteiger partial charge is 0.317 e. The Morgan fingerprint density at radius 1 is 1.18 bits per heavy atom. The minimum absolute atomic E-state index is 0.0624. The highest BCUT2D eigenvalue weighted by atomic mass is 16.5. The van der Waals surface area contributed by atoms with Crippen molar-refractivity contribution in [1.29, 1.82) is 0 Å². The number of rotatable bonds is 8. The number of carboxylic acid groups (broad SMARTS) is 1. The molecule has 3 N–H and O–H groups in total. The summed E-state index contributed by atoms with van der Waals surface area (Å²) < 4.78 is 10.8. The monoisotopic (exact) mass is 453 g/mol. The number of carbonyl (C=O) groups excluding carboxylic acids is 1. The number of aliphatic carboxylic acids is 1. The van der Waals surface area contributed by atoms with Gasteiger partial charge in [0.25, 0.3) is 5.91 Å². The topological polar surface area (TPSA) is 130 Å². The Morgan fingerprint density at radius 3 is 2.67 bits per heavy atom. The quantitative estimate of drug-likeness (QED) is 0.473. The van der Waals surface area contributed by atoms with E-state index in [1.54, 1.807) is 26.6 Å². The number of carboxylic acids is 1. The number of pyridine rings is 1. The van der Waals surface area contributed by atoms with E-state index in [1.807, 2.05) is 23.1 Å². The lowest BCUT2D eigenvalue weighted by Gasteiger charge is -2.30. The maximum absolute atomic E-state index is 12.9. The molecule has 0 aliphatic carbocycles. The van der Waals surface area contributed by atoms with Crippen LogP contribution < -0.4 is 14.8 Å². The molecule has 1 aromatic carbocycles. The van der Waals surface area contributed by atoms with Crippen LogP contribution in [0.1, 0.15) is 23.3 Å². The summed E-state index contributed by atoms with van der Waals surface area (Å²) in [6.07, 6.45) is 5.03. The standard InChI is InChI=1S/C23H27N5O5/c1-32-16-7-15(11-24-12-16)17-8-18-19(9-20(17)33-2)26-27-22(18)23(31)25-10-14-3-5-28(6-4-14)13-21(29)30/h7-9,11-12,14H,3-6,10,13H2,1-2H3,(H,25,31)(H,26,27)(H,29,30). The first-order valence-corrected chi connectivity index (χ1v) is 10.8. The molecule has 3 heterocycles. The average molecular weight is 453 g/mol. The van der Waals surface area contributed by atoms with Gasteiger partial charge < -0.3 is 19.9 Å². The molecule has 10 nitrogen and oxygen atoms in total. The van der Waals surface area contributed by atoms with Crippen molar-refractivity contribution < 1.29 is 24.2 Å².